The van der Waals surface area contributed by atoms with E-state index in [1.165, 1.54) is 0 Å². The van der Waals surface area contributed by atoms with E-state index in [-0.39, 0.29) is 17.7 Å². The van der Waals surface area contributed by atoms with Crippen LogP contribution < -0.4 is 5.32 Å². The van der Waals surface area contributed by atoms with Gasteiger partial charge in [0.1, 0.15) is 0 Å². The van der Waals surface area contributed by atoms with Crippen LogP contribution in [0.2, 0.25) is 0 Å². The van der Waals surface area contributed by atoms with E-state index in [2.05, 4.69) is 5.32 Å². The SMILES string of the molecule is CCC(C)NC(=O)c1cccc2c1-c1ccccc1C2=O. The summed E-state index contributed by atoms with van der Waals surface area (Å²) in [5.74, 6) is -0.121. The highest BCUT2D eigenvalue weighted by Gasteiger charge is 2.30. The van der Waals surface area contributed by atoms with Gasteiger partial charge in [0.15, 0.2) is 5.78 Å². The Labute approximate surface area is 124 Å². The Hall–Kier alpha value is -2.42. The maximum Gasteiger partial charge on any atom is 0.252 e. The van der Waals surface area contributed by atoms with Crippen molar-refractivity contribution in [3.8, 4) is 11.1 Å². The first-order valence-corrected chi connectivity index (χ1v) is 7.21. The van der Waals surface area contributed by atoms with Crippen LogP contribution in [0.5, 0.6) is 0 Å². The molecule has 0 saturated heterocycles. The zero-order chi connectivity index (χ0) is 15.0. The number of nitrogens with one attached hydrogen (secondary N) is 1. The van der Waals surface area contributed by atoms with Crippen LogP contribution in [0.15, 0.2) is 42.5 Å². The molecule has 1 unspecified atom stereocenters. The van der Waals surface area contributed by atoms with Crippen molar-refractivity contribution < 1.29 is 9.59 Å². The largest absolute Gasteiger partial charge is 0.350 e. The van der Waals surface area contributed by atoms with Crippen molar-refractivity contribution in [3.63, 3.8) is 0 Å². The lowest BCUT2D eigenvalue weighted by atomic mass is 9.98. The number of carbonyl (C=O) groups excluding carboxylic acids is 2. The summed E-state index contributed by atoms with van der Waals surface area (Å²) in [6, 6.07) is 12.9. The third-order valence-electron chi connectivity index (χ3n) is 3.98. The second-order valence-corrected chi connectivity index (χ2v) is 5.39. The van der Waals surface area contributed by atoms with E-state index in [1.54, 1.807) is 18.2 Å². The Morgan fingerprint density at radius 1 is 1.05 bits per heavy atom. The van der Waals surface area contributed by atoms with Crippen LogP contribution >= 0.6 is 0 Å². The lowest BCUT2D eigenvalue weighted by Gasteiger charge is -2.14. The highest BCUT2D eigenvalue weighted by atomic mass is 16.1. The number of fused-ring (bicyclic) bond motifs is 3. The summed E-state index contributed by atoms with van der Waals surface area (Å²) in [7, 11) is 0. The average molecular weight is 279 g/mol. The Morgan fingerprint density at radius 2 is 1.71 bits per heavy atom. The molecule has 2 aromatic rings. The predicted molar refractivity (Wildman–Crippen MR) is 82.5 cm³/mol. The van der Waals surface area contributed by atoms with Crippen LogP contribution in [0.4, 0.5) is 0 Å². The Bertz CT molecular complexity index is 734. The zero-order valence-electron chi connectivity index (χ0n) is 12.1. The fourth-order valence-electron chi connectivity index (χ4n) is 2.67. The number of ketones is 1. The molecule has 0 heterocycles. The molecule has 0 spiro atoms. The van der Waals surface area contributed by atoms with Gasteiger partial charge in [-0.3, -0.25) is 9.59 Å². The quantitative estimate of drug-likeness (QED) is 0.798. The first-order chi connectivity index (χ1) is 10.1. The van der Waals surface area contributed by atoms with Gasteiger partial charge < -0.3 is 5.32 Å². The zero-order valence-corrected chi connectivity index (χ0v) is 12.1. The van der Waals surface area contributed by atoms with E-state index >= 15 is 0 Å². The summed E-state index contributed by atoms with van der Waals surface area (Å²) in [6.07, 6.45) is 0.871. The lowest BCUT2D eigenvalue weighted by Crippen LogP contribution is -2.32. The second kappa shape index (κ2) is 5.17. The highest BCUT2D eigenvalue weighted by Crippen LogP contribution is 2.38. The van der Waals surface area contributed by atoms with Crippen molar-refractivity contribution in [2.45, 2.75) is 26.3 Å². The van der Waals surface area contributed by atoms with E-state index in [9.17, 15) is 9.59 Å². The molecule has 0 aromatic heterocycles. The summed E-state index contributed by atoms with van der Waals surface area (Å²) in [6.45, 7) is 4.00. The number of carbonyl (C=O) groups is 2. The average Bonchev–Trinajstić information content (AvgIpc) is 2.81. The maximum atomic E-state index is 12.5. The van der Waals surface area contributed by atoms with Crippen LogP contribution in [-0.4, -0.2) is 17.7 Å². The summed E-state index contributed by atoms with van der Waals surface area (Å²) in [5, 5.41) is 2.97. The summed E-state index contributed by atoms with van der Waals surface area (Å²) in [5.41, 5.74) is 3.49. The molecule has 0 radical (unpaired) electrons. The monoisotopic (exact) mass is 279 g/mol. The van der Waals surface area contributed by atoms with Crippen molar-refractivity contribution >= 4 is 11.7 Å². The second-order valence-electron chi connectivity index (χ2n) is 5.39. The van der Waals surface area contributed by atoms with Crippen molar-refractivity contribution in [3.05, 3.63) is 59.2 Å². The molecule has 1 amide bonds. The summed E-state index contributed by atoms with van der Waals surface area (Å²) < 4.78 is 0. The minimum Gasteiger partial charge on any atom is -0.350 e. The molecule has 0 aliphatic heterocycles. The molecule has 1 aliphatic carbocycles. The first kappa shape index (κ1) is 13.6. The number of rotatable bonds is 3. The molecule has 1 atom stereocenters. The smallest absolute Gasteiger partial charge is 0.252 e. The van der Waals surface area contributed by atoms with Gasteiger partial charge in [-0.15, -0.1) is 0 Å². The van der Waals surface area contributed by atoms with E-state index in [1.807, 2.05) is 38.1 Å². The molecule has 0 bridgehead atoms. The highest BCUT2D eigenvalue weighted by molar-refractivity contribution is 6.24. The van der Waals surface area contributed by atoms with Crippen molar-refractivity contribution in [1.29, 1.82) is 0 Å². The Balaban J connectivity index is 2.12. The van der Waals surface area contributed by atoms with Crippen LogP contribution in [-0.2, 0) is 0 Å². The molecular formula is C18H17NO2. The molecule has 106 valence electrons. The van der Waals surface area contributed by atoms with Crippen molar-refractivity contribution in [2.24, 2.45) is 0 Å². The molecular weight excluding hydrogens is 262 g/mol. The van der Waals surface area contributed by atoms with Crippen LogP contribution in [0.25, 0.3) is 11.1 Å². The van der Waals surface area contributed by atoms with Gasteiger partial charge in [-0.05, 0) is 25.0 Å². The minimum atomic E-state index is -0.120. The van der Waals surface area contributed by atoms with Gasteiger partial charge in [-0.25, -0.2) is 0 Å². The van der Waals surface area contributed by atoms with Gasteiger partial charge in [0.2, 0.25) is 0 Å². The third kappa shape index (κ3) is 2.15. The molecule has 1 N–H and O–H groups in total. The number of benzene rings is 2. The normalized spacial score (nSPS) is 13.5. The molecule has 3 nitrogen and oxygen atoms in total. The molecule has 0 fully saturated rings. The fourth-order valence-corrected chi connectivity index (χ4v) is 2.67. The number of amides is 1. The first-order valence-electron chi connectivity index (χ1n) is 7.21. The van der Waals surface area contributed by atoms with Crippen LogP contribution in [0.1, 0.15) is 46.5 Å². The summed E-state index contributed by atoms with van der Waals surface area (Å²) >= 11 is 0. The topological polar surface area (TPSA) is 46.2 Å². The Morgan fingerprint density at radius 3 is 2.43 bits per heavy atom. The maximum absolute atomic E-state index is 12.5. The van der Waals surface area contributed by atoms with E-state index in [0.717, 1.165) is 17.5 Å². The van der Waals surface area contributed by atoms with Gasteiger partial charge in [0, 0.05) is 28.3 Å². The third-order valence-corrected chi connectivity index (χ3v) is 3.98. The Kier molecular flexibility index (Phi) is 3.34. The molecule has 0 saturated carbocycles. The number of hydrogen-bond donors (Lipinski definition) is 1. The van der Waals surface area contributed by atoms with E-state index < -0.39 is 0 Å². The van der Waals surface area contributed by atoms with Gasteiger partial charge in [0.25, 0.3) is 5.91 Å². The van der Waals surface area contributed by atoms with E-state index in [0.29, 0.717) is 16.7 Å². The molecule has 3 rings (SSSR count). The van der Waals surface area contributed by atoms with Crippen molar-refractivity contribution in [1.82, 2.24) is 5.32 Å². The van der Waals surface area contributed by atoms with E-state index in [4.69, 9.17) is 0 Å². The molecule has 3 heteroatoms. The van der Waals surface area contributed by atoms with Gasteiger partial charge in [-0.2, -0.15) is 0 Å². The van der Waals surface area contributed by atoms with Gasteiger partial charge in [0.05, 0.1) is 0 Å². The standard InChI is InChI=1S/C18H17NO2/c1-3-11(2)19-18(21)15-10-6-9-14-16(15)12-7-4-5-8-13(12)17(14)20/h4-11H,3H2,1-2H3,(H,19,21). The molecule has 1 aliphatic rings. The van der Waals surface area contributed by atoms with Crippen LogP contribution in [0.3, 0.4) is 0 Å². The van der Waals surface area contributed by atoms with Crippen molar-refractivity contribution in [2.75, 3.05) is 0 Å². The minimum absolute atomic E-state index is 0.00112. The molecule has 21 heavy (non-hydrogen) atoms. The fraction of sp³-hybridized carbons (Fsp3) is 0.222. The number of hydrogen-bond acceptors (Lipinski definition) is 2. The molecule has 2 aromatic carbocycles. The lowest BCUT2D eigenvalue weighted by molar-refractivity contribution is 0.0940. The van der Waals surface area contributed by atoms with Gasteiger partial charge >= 0.3 is 0 Å². The van der Waals surface area contributed by atoms with Crippen LogP contribution in [0, 0.1) is 0 Å². The van der Waals surface area contributed by atoms with Gasteiger partial charge in [-0.1, -0.05) is 43.3 Å². The predicted octanol–water partition coefficient (Wildman–Crippen LogP) is 3.43. The summed E-state index contributed by atoms with van der Waals surface area (Å²) in [4.78, 5) is 24.9.